The van der Waals surface area contributed by atoms with Gasteiger partial charge in [-0.3, -0.25) is 14.7 Å². The fraction of sp³-hybridized carbons (Fsp3) is 0.273. The molecule has 2 heterocycles. The van der Waals surface area contributed by atoms with E-state index >= 15 is 0 Å². The molecule has 29 heavy (non-hydrogen) atoms. The summed E-state index contributed by atoms with van der Waals surface area (Å²) in [5.74, 6) is 1.56. The molecule has 0 fully saturated rings. The summed E-state index contributed by atoms with van der Waals surface area (Å²) < 4.78 is 0. The smallest absolute Gasteiger partial charge is 0.262 e. The zero-order chi connectivity index (χ0) is 20.6. The molecule has 1 aromatic heterocycles. The summed E-state index contributed by atoms with van der Waals surface area (Å²) in [6, 6.07) is 11.0. The molecular formula is C22H24N6O. The summed E-state index contributed by atoms with van der Waals surface area (Å²) in [7, 11) is 0. The topological polar surface area (TPSA) is 96.5 Å². The number of nitrogens with zero attached hydrogens (tertiary/aromatic N) is 4. The van der Waals surface area contributed by atoms with Crippen LogP contribution in [-0.4, -0.2) is 33.3 Å². The maximum absolute atomic E-state index is 13.7. The number of benzene rings is 1. The average Bonchev–Trinajstić information content (AvgIpc) is 2.68. The van der Waals surface area contributed by atoms with E-state index in [2.05, 4.69) is 21.4 Å². The van der Waals surface area contributed by atoms with E-state index in [4.69, 9.17) is 10.7 Å². The molecule has 7 heteroatoms. The summed E-state index contributed by atoms with van der Waals surface area (Å²) in [5.41, 5.74) is 7.67. The predicted octanol–water partition coefficient (Wildman–Crippen LogP) is 3.34. The van der Waals surface area contributed by atoms with Crippen molar-refractivity contribution in [3.05, 3.63) is 66.0 Å². The number of rotatable bonds is 4. The van der Waals surface area contributed by atoms with Crippen LogP contribution in [0.2, 0.25) is 0 Å². The molecule has 3 N–H and O–H groups in total. The Labute approximate surface area is 170 Å². The Morgan fingerprint density at radius 2 is 2.00 bits per heavy atom. The second kappa shape index (κ2) is 7.16. The molecular weight excluding hydrogens is 364 g/mol. The van der Waals surface area contributed by atoms with Crippen molar-refractivity contribution in [3.63, 3.8) is 0 Å². The Hall–Kier alpha value is -3.48. The number of amides is 1. The van der Waals surface area contributed by atoms with Crippen molar-refractivity contribution >= 4 is 29.1 Å². The van der Waals surface area contributed by atoms with Gasteiger partial charge in [0.15, 0.2) is 0 Å². The normalized spacial score (nSPS) is 22.2. The highest BCUT2D eigenvalue weighted by atomic mass is 16.2. The molecule has 0 radical (unpaired) electrons. The van der Waals surface area contributed by atoms with Crippen LogP contribution in [-0.2, 0) is 4.79 Å². The fourth-order valence-electron chi connectivity index (χ4n) is 3.95. The van der Waals surface area contributed by atoms with Gasteiger partial charge in [-0.05, 0) is 44.9 Å². The van der Waals surface area contributed by atoms with Gasteiger partial charge in [0, 0.05) is 11.6 Å². The molecule has 2 aromatic rings. The van der Waals surface area contributed by atoms with E-state index in [9.17, 15) is 4.79 Å². The third kappa shape index (κ3) is 3.40. The quantitative estimate of drug-likeness (QED) is 0.837. The molecule has 0 saturated heterocycles. The number of para-hydroxylation sites is 1. The van der Waals surface area contributed by atoms with E-state index < -0.39 is 5.54 Å². The van der Waals surface area contributed by atoms with Crippen LogP contribution in [0.15, 0.2) is 71.0 Å². The van der Waals surface area contributed by atoms with Gasteiger partial charge in [-0.2, -0.15) is 0 Å². The second-order valence-corrected chi connectivity index (χ2v) is 7.58. The summed E-state index contributed by atoms with van der Waals surface area (Å²) >= 11 is 0. The molecule has 0 spiro atoms. The maximum Gasteiger partial charge on any atom is 0.262 e. The molecule has 2 atom stereocenters. The van der Waals surface area contributed by atoms with Gasteiger partial charge in [0.05, 0.1) is 17.3 Å². The standard InChI is InChI=1S/C22H24N6O/c1-14-8-7-11-22(3)19(14)21(29)28(16-9-5-4-6-10-16)20(27-22)15(2)26-18-12-17(23)24-13-25-18/h4-10,12-13,15H,11H2,1-3H3,(H3,23,24,25,26). The van der Waals surface area contributed by atoms with Gasteiger partial charge in [-0.15, -0.1) is 0 Å². The van der Waals surface area contributed by atoms with Gasteiger partial charge in [0.2, 0.25) is 0 Å². The molecule has 4 rings (SSSR count). The summed E-state index contributed by atoms with van der Waals surface area (Å²) in [5, 5.41) is 3.31. The number of fused-ring (bicyclic) bond motifs is 1. The monoisotopic (exact) mass is 388 g/mol. The highest BCUT2D eigenvalue weighted by Crippen LogP contribution is 2.39. The van der Waals surface area contributed by atoms with Crippen molar-refractivity contribution in [1.82, 2.24) is 9.97 Å². The van der Waals surface area contributed by atoms with E-state index in [-0.39, 0.29) is 11.9 Å². The first-order valence-electron chi connectivity index (χ1n) is 9.60. The van der Waals surface area contributed by atoms with E-state index in [1.807, 2.05) is 57.2 Å². The number of allylic oxidation sites excluding steroid dienone is 2. The van der Waals surface area contributed by atoms with Gasteiger partial charge in [0.25, 0.3) is 5.91 Å². The third-order valence-corrected chi connectivity index (χ3v) is 5.28. The maximum atomic E-state index is 13.7. The van der Waals surface area contributed by atoms with Crippen molar-refractivity contribution in [2.75, 3.05) is 16.0 Å². The van der Waals surface area contributed by atoms with Crippen LogP contribution in [0.4, 0.5) is 17.3 Å². The van der Waals surface area contributed by atoms with E-state index in [0.29, 0.717) is 23.9 Å². The molecule has 148 valence electrons. The van der Waals surface area contributed by atoms with Crippen molar-refractivity contribution in [3.8, 4) is 0 Å². The fourth-order valence-corrected chi connectivity index (χ4v) is 3.95. The number of aliphatic imine (C=N–C) groups is 1. The number of anilines is 3. The molecule has 0 saturated carbocycles. The summed E-state index contributed by atoms with van der Waals surface area (Å²) in [4.78, 5) is 28.6. The lowest BCUT2D eigenvalue weighted by Gasteiger charge is -2.42. The first-order valence-corrected chi connectivity index (χ1v) is 9.60. The van der Waals surface area contributed by atoms with Crippen LogP contribution in [0.25, 0.3) is 0 Å². The first-order chi connectivity index (χ1) is 13.9. The second-order valence-electron chi connectivity index (χ2n) is 7.58. The number of aromatic nitrogens is 2. The first kappa shape index (κ1) is 18.9. The number of hydrogen-bond acceptors (Lipinski definition) is 6. The van der Waals surface area contributed by atoms with Crippen LogP contribution >= 0.6 is 0 Å². The summed E-state index contributed by atoms with van der Waals surface area (Å²) in [6.07, 6.45) is 6.17. The number of carbonyl (C=O) groups excluding carboxylic acids is 1. The number of nitrogens with one attached hydrogen (secondary N) is 1. The lowest BCUT2D eigenvalue weighted by molar-refractivity contribution is -0.115. The minimum atomic E-state index is -0.586. The Bertz CT molecular complexity index is 1040. The van der Waals surface area contributed by atoms with Crippen LogP contribution < -0.4 is 16.0 Å². The van der Waals surface area contributed by atoms with E-state index in [1.165, 1.54) is 6.33 Å². The van der Waals surface area contributed by atoms with Gasteiger partial charge in [0.1, 0.15) is 23.8 Å². The van der Waals surface area contributed by atoms with Crippen LogP contribution in [0.1, 0.15) is 27.2 Å². The molecule has 0 bridgehead atoms. The lowest BCUT2D eigenvalue weighted by atomic mass is 9.79. The van der Waals surface area contributed by atoms with Gasteiger partial charge < -0.3 is 11.1 Å². The Morgan fingerprint density at radius 1 is 1.24 bits per heavy atom. The van der Waals surface area contributed by atoms with Crippen LogP contribution in [0, 0.1) is 0 Å². The van der Waals surface area contributed by atoms with Crippen LogP contribution in [0.3, 0.4) is 0 Å². The minimum absolute atomic E-state index is 0.0404. The van der Waals surface area contributed by atoms with Crippen molar-refractivity contribution in [2.45, 2.75) is 38.8 Å². The zero-order valence-electron chi connectivity index (χ0n) is 16.8. The molecule has 1 amide bonds. The predicted molar refractivity (Wildman–Crippen MR) is 116 cm³/mol. The molecule has 1 aliphatic carbocycles. The highest BCUT2D eigenvalue weighted by Gasteiger charge is 2.44. The highest BCUT2D eigenvalue weighted by molar-refractivity contribution is 6.27. The largest absolute Gasteiger partial charge is 0.384 e. The van der Waals surface area contributed by atoms with Crippen molar-refractivity contribution < 1.29 is 4.79 Å². The minimum Gasteiger partial charge on any atom is -0.384 e. The van der Waals surface area contributed by atoms with E-state index in [1.54, 1.807) is 11.0 Å². The molecule has 1 aromatic carbocycles. The summed E-state index contributed by atoms with van der Waals surface area (Å²) in [6.45, 7) is 5.95. The van der Waals surface area contributed by atoms with Crippen molar-refractivity contribution in [2.24, 2.45) is 4.99 Å². The molecule has 2 unspecified atom stereocenters. The number of nitrogen functional groups attached to an aromatic ring is 1. The number of carbonyl (C=O) groups is 1. The Balaban J connectivity index is 1.81. The van der Waals surface area contributed by atoms with Gasteiger partial charge in [-0.1, -0.05) is 30.4 Å². The molecule has 1 aliphatic heterocycles. The van der Waals surface area contributed by atoms with Crippen molar-refractivity contribution in [1.29, 1.82) is 0 Å². The third-order valence-electron chi connectivity index (χ3n) is 5.28. The van der Waals surface area contributed by atoms with Gasteiger partial charge in [-0.25, -0.2) is 9.97 Å². The zero-order valence-corrected chi connectivity index (χ0v) is 16.8. The van der Waals surface area contributed by atoms with Gasteiger partial charge >= 0.3 is 0 Å². The number of nitrogens with two attached hydrogens (primary N) is 1. The number of amidine groups is 1. The van der Waals surface area contributed by atoms with E-state index in [0.717, 1.165) is 16.8 Å². The molecule has 2 aliphatic rings. The Kier molecular flexibility index (Phi) is 4.66. The molecule has 7 nitrogen and oxygen atoms in total. The van der Waals surface area contributed by atoms with Crippen LogP contribution in [0.5, 0.6) is 0 Å². The number of hydrogen-bond donors (Lipinski definition) is 2. The lowest BCUT2D eigenvalue weighted by Crippen LogP contribution is -2.54. The average molecular weight is 388 g/mol. The Morgan fingerprint density at radius 3 is 2.72 bits per heavy atom. The SMILES string of the molecule is CC1=C2C(=O)N(c3ccccc3)C(C(C)Nc3cc(N)ncn3)=NC2(C)CC=C1.